The van der Waals surface area contributed by atoms with Crippen LogP contribution in [0.25, 0.3) is 11.0 Å². The SMILES string of the molecule is CN(C)C(=O)c1cc2cnc(NC3CCN(S(C)(=O)=O)CC3)nc2n(C23CC(C2)C3)c1=O. The zero-order chi connectivity index (χ0) is 22.8. The number of hydrogen-bond acceptors (Lipinski definition) is 7. The smallest absolute Gasteiger partial charge is 0.265 e. The van der Waals surface area contributed by atoms with Gasteiger partial charge in [-0.05, 0) is 44.1 Å². The van der Waals surface area contributed by atoms with Crippen LogP contribution in [0.2, 0.25) is 0 Å². The number of anilines is 1. The summed E-state index contributed by atoms with van der Waals surface area (Å²) in [6.07, 6.45) is 7.03. The summed E-state index contributed by atoms with van der Waals surface area (Å²) in [5.74, 6) is 0.753. The van der Waals surface area contributed by atoms with Gasteiger partial charge in [-0.25, -0.2) is 17.7 Å². The van der Waals surface area contributed by atoms with Gasteiger partial charge >= 0.3 is 0 Å². The number of amides is 1. The van der Waals surface area contributed by atoms with Gasteiger partial charge in [0.1, 0.15) is 11.2 Å². The fraction of sp³-hybridized carbons (Fsp3) is 0.619. The van der Waals surface area contributed by atoms with E-state index in [0.717, 1.165) is 19.3 Å². The van der Waals surface area contributed by atoms with Crippen LogP contribution in [0.1, 0.15) is 42.5 Å². The summed E-state index contributed by atoms with van der Waals surface area (Å²) in [5.41, 5.74) is 0.161. The molecule has 2 bridgehead atoms. The molecule has 1 aliphatic heterocycles. The van der Waals surface area contributed by atoms with Crippen LogP contribution in [0, 0.1) is 5.92 Å². The van der Waals surface area contributed by atoms with Crippen LogP contribution >= 0.6 is 0 Å². The second-order valence-electron chi connectivity index (χ2n) is 9.65. The van der Waals surface area contributed by atoms with Crippen LogP contribution in [0.3, 0.4) is 0 Å². The van der Waals surface area contributed by atoms with Crippen molar-refractivity contribution >= 4 is 32.9 Å². The number of hydrogen-bond donors (Lipinski definition) is 1. The quantitative estimate of drug-likeness (QED) is 0.702. The largest absolute Gasteiger partial charge is 0.351 e. The molecule has 6 rings (SSSR count). The van der Waals surface area contributed by atoms with Crippen LogP contribution in [0.5, 0.6) is 0 Å². The molecule has 0 atom stereocenters. The molecule has 0 radical (unpaired) electrons. The van der Waals surface area contributed by atoms with Gasteiger partial charge in [0.15, 0.2) is 0 Å². The molecule has 1 saturated heterocycles. The molecule has 1 amide bonds. The van der Waals surface area contributed by atoms with E-state index in [9.17, 15) is 18.0 Å². The predicted molar refractivity (Wildman–Crippen MR) is 120 cm³/mol. The Kier molecular flexibility index (Phi) is 4.82. The molecule has 4 fully saturated rings. The van der Waals surface area contributed by atoms with Gasteiger partial charge < -0.3 is 10.2 Å². The molecule has 3 saturated carbocycles. The molecule has 2 aromatic rings. The van der Waals surface area contributed by atoms with E-state index in [4.69, 9.17) is 4.98 Å². The van der Waals surface area contributed by atoms with Crippen molar-refractivity contribution in [2.75, 3.05) is 38.8 Å². The van der Waals surface area contributed by atoms with Gasteiger partial charge in [-0.2, -0.15) is 4.98 Å². The molecule has 10 nitrogen and oxygen atoms in total. The normalized spacial score (nSPS) is 25.8. The molecule has 11 heteroatoms. The van der Waals surface area contributed by atoms with Crippen LogP contribution in [-0.2, 0) is 15.6 Å². The maximum atomic E-state index is 13.4. The van der Waals surface area contributed by atoms with E-state index < -0.39 is 10.0 Å². The van der Waals surface area contributed by atoms with Crippen LogP contribution in [0.4, 0.5) is 5.95 Å². The van der Waals surface area contributed by atoms with Gasteiger partial charge in [0, 0.05) is 44.8 Å². The minimum Gasteiger partial charge on any atom is -0.351 e. The van der Waals surface area contributed by atoms with Crippen LogP contribution in [0.15, 0.2) is 17.1 Å². The Labute approximate surface area is 186 Å². The average Bonchev–Trinajstić information content (AvgIpc) is 2.66. The zero-order valence-electron chi connectivity index (χ0n) is 18.5. The summed E-state index contributed by atoms with van der Waals surface area (Å²) < 4.78 is 26.7. The lowest BCUT2D eigenvalue weighted by atomic mass is 9.49. The van der Waals surface area contributed by atoms with Gasteiger partial charge in [-0.3, -0.25) is 14.2 Å². The molecule has 0 aromatic carbocycles. The minimum absolute atomic E-state index is 0.0511. The summed E-state index contributed by atoms with van der Waals surface area (Å²) in [7, 11) is 0.0878. The first-order valence-corrected chi connectivity index (χ1v) is 12.8. The van der Waals surface area contributed by atoms with Crippen molar-refractivity contribution in [2.24, 2.45) is 5.92 Å². The Balaban J connectivity index is 1.49. The Hall–Kier alpha value is -2.53. The van der Waals surface area contributed by atoms with E-state index in [-0.39, 0.29) is 28.6 Å². The van der Waals surface area contributed by atoms with Crippen LogP contribution < -0.4 is 10.9 Å². The van der Waals surface area contributed by atoms with Crippen molar-refractivity contribution in [3.05, 3.63) is 28.2 Å². The first kappa shape index (κ1) is 21.3. The summed E-state index contributed by atoms with van der Waals surface area (Å²) >= 11 is 0. The molecule has 4 aliphatic rings. The molecule has 172 valence electrons. The van der Waals surface area contributed by atoms with Gasteiger partial charge in [0.25, 0.3) is 11.5 Å². The number of carbonyl (C=O) groups excluding carboxylic acids is 1. The first-order valence-electron chi connectivity index (χ1n) is 10.9. The van der Waals surface area contributed by atoms with E-state index in [1.807, 2.05) is 0 Å². The van der Waals surface area contributed by atoms with Gasteiger partial charge in [-0.15, -0.1) is 0 Å². The molecule has 3 aliphatic carbocycles. The summed E-state index contributed by atoms with van der Waals surface area (Å²) in [4.78, 5) is 36.6. The van der Waals surface area contributed by atoms with Crippen molar-refractivity contribution in [1.82, 2.24) is 23.7 Å². The average molecular weight is 461 g/mol. The minimum atomic E-state index is -3.18. The van der Waals surface area contributed by atoms with Gasteiger partial charge in [-0.1, -0.05) is 0 Å². The number of pyridine rings is 1. The zero-order valence-corrected chi connectivity index (χ0v) is 19.4. The lowest BCUT2D eigenvalue weighted by Gasteiger charge is -2.62. The topological polar surface area (TPSA) is 118 Å². The summed E-state index contributed by atoms with van der Waals surface area (Å²) in [6, 6.07) is 1.64. The molecular formula is C21H28N6O4S. The molecule has 0 unspecified atom stereocenters. The van der Waals surface area contributed by atoms with E-state index in [2.05, 4.69) is 10.3 Å². The van der Waals surface area contributed by atoms with E-state index in [1.54, 1.807) is 30.9 Å². The Morgan fingerprint density at radius 3 is 2.41 bits per heavy atom. The first-order chi connectivity index (χ1) is 15.1. The number of nitrogens with zero attached hydrogens (tertiary/aromatic N) is 5. The highest BCUT2D eigenvalue weighted by molar-refractivity contribution is 7.88. The fourth-order valence-corrected chi connectivity index (χ4v) is 6.10. The number of rotatable bonds is 5. The Bertz CT molecular complexity index is 1250. The van der Waals surface area contributed by atoms with Gasteiger partial charge in [0.05, 0.1) is 11.8 Å². The highest BCUT2D eigenvalue weighted by Gasteiger charge is 2.59. The fourth-order valence-electron chi connectivity index (χ4n) is 5.22. The third-order valence-corrected chi connectivity index (χ3v) is 8.42. The molecule has 32 heavy (non-hydrogen) atoms. The van der Waals surface area contributed by atoms with E-state index >= 15 is 0 Å². The lowest BCUT2D eigenvalue weighted by molar-refractivity contribution is -0.0884. The number of piperidine rings is 1. The monoisotopic (exact) mass is 460 g/mol. The number of carbonyl (C=O) groups is 1. The lowest BCUT2D eigenvalue weighted by Crippen LogP contribution is -2.62. The third-order valence-electron chi connectivity index (χ3n) is 7.11. The van der Waals surface area contributed by atoms with Crippen molar-refractivity contribution in [3.63, 3.8) is 0 Å². The van der Waals surface area contributed by atoms with E-state index in [0.29, 0.717) is 48.8 Å². The Morgan fingerprint density at radius 1 is 1.22 bits per heavy atom. The maximum absolute atomic E-state index is 13.4. The molecule has 2 aromatic heterocycles. The van der Waals surface area contributed by atoms with Crippen molar-refractivity contribution < 1.29 is 13.2 Å². The molecule has 3 heterocycles. The molecular weight excluding hydrogens is 432 g/mol. The Morgan fingerprint density at radius 2 is 1.88 bits per heavy atom. The van der Waals surface area contributed by atoms with Crippen molar-refractivity contribution in [3.8, 4) is 0 Å². The predicted octanol–water partition coefficient (Wildman–Crippen LogP) is 0.838. The number of nitrogens with one attached hydrogen (secondary N) is 1. The summed E-state index contributed by atoms with van der Waals surface area (Å²) in [5, 5.41) is 3.98. The molecule has 1 N–H and O–H groups in total. The second-order valence-corrected chi connectivity index (χ2v) is 11.6. The van der Waals surface area contributed by atoms with E-state index in [1.165, 1.54) is 15.5 Å². The number of fused-ring (bicyclic) bond motifs is 1. The maximum Gasteiger partial charge on any atom is 0.265 e. The third kappa shape index (κ3) is 3.38. The molecule has 0 spiro atoms. The second kappa shape index (κ2) is 7.24. The van der Waals surface area contributed by atoms with Crippen molar-refractivity contribution in [2.45, 2.75) is 43.7 Å². The number of aromatic nitrogens is 3. The standard InChI is InChI=1S/C21H28N6O4S/c1-25(2)18(28)16-8-14-12-22-20(23-15-4-6-26(7-5-15)32(3,30)31)24-17(14)27(19(16)29)21-9-13(10-21)11-21/h8,12-13,15H,4-7,9-11H2,1-3H3,(H,22,23,24). The van der Waals surface area contributed by atoms with Crippen LogP contribution in [-0.4, -0.2) is 77.5 Å². The van der Waals surface area contributed by atoms with Crippen molar-refractivity contribution in [1.29, 1.82) is 0 Å². The number of sulfonamides is 1. The van der Waals surface area contributed by atoms with Gasteiger partial charge in [0.2, 0.25) is 16.0 Å². The summed E-state index contributed by atoms with van der Waals surface area (Å²) in [6.45, 7) is 0.907. The highest BCUT2D eigenvalue weighted by atomic mass is 32.2. The highest BCUT2D eigenvalue weighted by Crippen LogP contribution is 2.62.